The number of aryl methyl sites for hydroxylation is 1. The van der Waals surface area contributed by atoms with Crippen LogP contribution in [0.1, 0.15) is 24.0 Å². The molecule has 6 nitrogen and oxygen atoms in total. The maximum Gasteiger partial charge on any atom is 0.269 e. The highest BCUT2D eigenvalue weighted by Crippen LogP contribution is 2.27. The van der Waals surface area contributed by atoms with E-state index in [0.717, 1.165) is 5.56 Å². The normalized spacial score (nSPS) is 11.6. The highest BCUT2D eigenvalue weighted by molar-refractivity contribution is 5.96. The molecule has 1 atom stereocenters. The number of non-ortho nitro benzene ring substituents is 1. The Morgan fingerprint density at radius 2 is 1.87 bits per heavy atom. The quantitative estimate of drug-likeness (QED) is 0.674. The maximum absolute atomic E-state index is 12.4. The summed E-state index contributed by atoms with van der Waals surface area (Å²) in [6.45, 7) is 3.67. The molecule has 0 spiro atoms. The van der Waals surface area contributed by atoms with Crippen LogP contribution in [-0.2, 0) is 4.79 Å². The first-order valence-electron chi connectivity index (χ1n) is 7.12. The molecule has 0 aliphatic heterocycles. The fourth-order valence-electron chi connectivity index (χ4n) is 2.20. The lowest BCUT2D eigenvalue weighted by atomic mass is 10.00. The molecule has 1 amide bonds. The van der Waals surface area contributed by atoms with Gasteiger partial charge in [-0.3, -0.25) is 14.9 Å². The van der Waals surface area contributed by atoms with E-state index in [4.69, 9.17) is 4.74 Å². The predicted molar refractivity (Wildman–Crippen MR) is 87.9 cm³/mol. The van der Waals surface area contributed by atoms with E-state index in [9.17, 15) is 14.9 Å². The molecule has 0 aliphatic rings. The average molecular weight is 314 g/mol. The molecule has 0 aromatic heterocycles. The minimum absolute atomic E-state index is 0.00158. The smallest absolute Gasteiger partial charge is 0.269 e. The summed E-state index contributed by atoms with van der Waals surface area (Å²) in [4.78, 5) is 22.6. The molecular weight excluding hydrogens is 296 g/mol. The third-order valence-electron chi connectivity index (χ3n) is 3.61. The third-order valence-corrected chi connectivity index (χ3v) is 3.61. The highest BCUT2D eigenvalue weighted by Gasteiger charge is 2.18. The van der Waals surface area contributed by atoms with Crippen molar-refractivity contribution in [2.45, 2.75) is 19.8 Å². The van der Waals surface area contributed by atoms with Gasteiger partial charge in [0, 0.05) is 12.1 Å². The van der Waals surface area contributed by atoms with Gasteiger partial charge in [-0.05, 0) is 37.1 Å². The summed E-state index contributed by atoms with van der Waals surface area (Å²) < 4.78 is 5.24. The zero-order valence-electron chi connectivity index (χ0n) is 13.2. The number of carbonyl (C=O) groups excluding carboxylic acids is 1. The average Bonchev–Trinajstić information content (AvgIpc) is 2.54. The van der Waals surface area contributed by atoms with Crippen molar-refractivity contribution in [2.24, 2.45) is 0 Å². The summed E-state index contributed by atoms with van der Waals surface area (Å²) >= 11 is 0. The lowest BCUT2D eigenvalue weighted by Crippen LogP contribution is -2.19. The van der Waals surface area contributed by atoms with E-state index in [0.29, 0.717) is 17.0 Å². The van der Waals surface area contributed by atoms with Crippen molar-refractivity contribution in [3.63, 3.8) is 0 Å². The molecule has 0 fully saturated rings. The number of nitrogens with one attached hydrogen (secondary N) is 1. The standard InChI is InChI=1S/C17H18N2O4/c1-11-4-9-16(23-3)15(10-11)18-17(20)12(2)13-5-7-14(8-6-13)19(21)22/h4-10,12H,1-3H3,(H,18,20). The molecule has 1 N–H and O–H groups in total. The van der Waals surface area contributed by atoms with Gasteiger partial charge in [0.2, 0.25) is 5.91 Å². The van der Waals surface area contributed by atoms with Gasteiger partial charge < -0.3 is 10.1 Å². The van der Waals surface area contributed by atoms with Gasteiger partial charge in [0.1, 0.15) is 5.75 Å². The summed E-state index contributed by atoms with van der Waals surface area (Å²) in [5.74, 6) is -0.0661. The molecule has 0 saturated carbocycles. The number of anilines is 1. The molecule has 23 heavy (non-hydrogen) atoms. The van der Waals surface area contributed by atoms with Crippen molar-refractivity contribution < 1.29 is 14.5 Å². The van der Waals surface area contributed by atoms with E-state index in [1.54, 1.807) is 32.2 Å². The molecular formula is C17H18N2O4. The van der Waals surface area contributed by atoms with Gasteiger partial charge in [-0.1, -0.05) is 18.2 Å². The summed E-state index contributed by atoms with van der Waals surface area (Å²) in [5.41, 5.74) is 2.32. The Balaban J connectivity index is 2.17. The van der Waals surface area contributed by atoms with Crippen LogP contribution < -0.4 is 10.1 Å². The molecule has 0 radical (unpaired) electrons. The van der Waals surface area contributed by atoms with Crippen molar-refractivity contribution in [3.8, 4) is 5.75 Å². The Hall–Kier alpha value is -2.89. The molecule has 0 heterocycles. The van der Waals surface area contributed by atoms with Crippen molar-refractivity contribution >= 4 is 17.3 Å². The first-order chi connectivity index (χ1) is 10.9. The molecule has 2 aromatic carbocycles. The SMILES string of the molecule is COc1ccc(C)cc1NC(=O)C(C)c1ccc([N+](=O)[O-])cc1. The first-order valence-corrected chi connectivity index (χ1v) is 7.12. The number of nitro benzene ring substituents is 1. The van der Waals surface area contributed by atoms with E-state index in [1.807, 2.05) is 19.1 Å². The number of hydrogen-bond acceptors (Lipinski definition) is 4. The topological polar surface area (TPSA) is 81.5 Å². The van der Waals surface area contributed by atoms with E-state index >= 15 is 0 Å². The van der Waals surface area contributed by atoms with Gasteiger partial charge in [0.15, 0.2) is 0 Å². The van der Waals surface area contributed by atoms with Gasteiger partial charge in [0.05, 0.1) is 23.6 Å². The lowest BCUT2D eigenvalue weighted by Gasteiger charge is -2.15. The van der Waals surface area contributed by atoms with Crippen molar-refractivity contribution in [1.82, 2.24) is 0 Å². The van der Waals surface area contributed by atoms with E-state index in [-0.39, 0.29) is 11.6 Å². The van der Waals surface area contributed by atoms with Gasteiger partial charge in [-0.2, -0.15) is 0 Å². The summed E-state index contributed by atoms with van der Waals surface area (Å²) in [6.07, 6.45) is 0. The fourth-order valence-corrected chi connectivity index (χ4v) is 2.20. The van der Waals surface area contributed by atoms with Crippen LogP contribution in [0, 0.1) is 17.0 Å². The minimum Gasteiger partial charge on any atom is -0.495 e. The van der Waals surface area contributed by atoms with Crippen LogP contribution in [0.5, 0.6) is 5.75 Å². The largest absolute Gasteiger partial charge is 0.495 e. The number of nitro groups is 1. The molecule has 120 valence electrons. The molecule has 1 unspecified atom stereocenters. The number of carbonyl (C=O) groups is 1. The van der Waals surface area contributed by atoms with E-state index < -0.39 is 10.8 Å². The molecule has 0 bridgehead atoms. The number of amides is 1. The highest BCUT2D eigenvalue weighted by atomic mass is 16.6. The van der Waals surface area contributed by atoms with Crippen molar-refractivity contribution in [2.75, 3.05) is 12.4 Å². The van der Waals surface area contributed by atoms with Crippen LogP contribution in [0.15, 0.2) is 42.5 Å². The number of hydrogen-bond donors (Lipinski definition) is 1. The third kappa shape index (κ3) is 3.85. The fraction of sp³-hybridized carbons (Fsp3) is 0.235. The van der Waals surface area contributed by atoms with Gasteiger partial charge >= 0.3 is 0 Å². The lowest BCUT2D eigenvalue weighted by molar-refractivity contribution is -0.384. The number of benzene rings is 2. The maximum atomic E-state index is 12.4. The van der Waals surface area contributed by atoms with E-state index in [1.165, 1.54) is 12.1 Å². The first kappa shape index (κ1) is 16.5. The molecule has 2 aromatic rings. The second-order valence-electron chi connectivity index (χ2n) is 5.26. The Morgan fingerprint density at radius 1 is 1.22 bits per heavy atom. The van der Waals surface area contributed by atoms with Crippen molar-refractivity contribution in [3.05, 3.63) is 63.7 Å². The van der Waals surface area contributed by atoms with Crippen LogP contribution in [0.25, 0.3) is 0 Å². The summed E-state index contributed by atoms with van der Waals surface area (Å²) in [6, 6.07) is 11.5. The Bertz CT molecular complexity index is 726. The molecule has 6 heteroatoms. The van der Waals surface area contributed by atoms with Crippen LogP contribution in [-0.4, -0.2) is 17.9 Å². The second kappa shape index (κ2) is 6.91. The molecule has 2 rings (SSSR count). The van der Waals surface area contributed by atoms with Crippen LogP contribution in [0.4, 0.5) is 11.4 Å². The second-order valence-corrected chi connectivity index (χ2v) is 5.26. The van der Waals surface area contributed by atoms with Gasteiger partial charge in [0.25, 0.3) is 5.69 Å². The monoisotopic (exact) mass is 314 g/mol. The minimum atomic E-state index is -0.466. The molecule has 0 aliphatic carbocycles. The Kier molecular flexibility index (Phi) is 4.95. The summed E-state index contributed by atoms with van der Waals surface area (Å²) in [5, 5.41) is 13.5. The summed E-state index contributed by atoms with van der Waals surface area (Å²) in [7, 11) is 1.54. The Morgan fingerprint density at radius 3 is 2.43 bits per heavy atom. The van der Waals surface area contributed by atoms with Gasteiger partial charge in [-0.25, -0.2) is 0 Å². The Labute approximate surface area is 134 Å². The zero-order valence-corrected chi connectivity index (χ0v) is 13.2. The zero-order chi connectivity index (χ0) is 17.0. The number of methoxy groups -OCH3 is 1. The van der Waals surface area contributed by atoms with Crippen LogP contribution in [0.2, 0.25) is 0 Å². The van der Waals surface area contributed by atoms with Crippen LogP contribution in [0.3, 0.4) is 0 Å². The van der Waals surface area contributed by atoms with E-state index in [2.05, 4.69) is 5.32 Å². The van der Waals surface area contributed by atoms with Gasteiger partial charge in [-0.15, -0.1) is 0 Å². The molecule has 0 saturated heterocycles. The predicted octanol–water partition coefficient (Wildman–Crippen LogP) is 3.65. The number of nitrogens with zero attached hydrogens (tertiary/aromatic N) is 1. The van der Waals surface area contributed by atoms with Crippen molar-refractivity contribution in [1.29, 1.82) is 0 Å². The number of rotatable bonds is 5. The number of ether oxygens (including phenoxy) is 1. The van der Waals surface area contributed by atoms with Crippen LogP contribution >= 0.6 is 0 Å².